The summed E-state index contributed by atoms with van der Waals surface area (Å²) in [5, 5.41) is 7.00. The summed E-state index contributed by atoms with van der Waals surface area (Å²) in [7, 11) is 1.00. The van der Waals surface area contributed by atoms with E-state index in [0.717, 1.165) is 41.8 Å². The van der Waals surface area contributed by atoms with Crippen LogP contribution in [0.5, 0.6) is 5.75 Å². The minimum atomic E-state index is 0.214. The zero-order chi connectivity index (χ0) is 14.1. The molecule has 0 unspecified atom stereocenters. The molecule has 1 heterocycles. The molecule has 1 N–H and O–H groups in total. The number of hydrogen-bond acceptors (Lipinski definition) is 5. The summed E-state index contributed by atoms with van der Waals surface area (Å²) in [6.45, 7) is 0.538. The topological polar surface area (TPSA) is 63.6 Å². The number of thioether (sulfide) groups is 1. The summed E-state index contributed by atoms with van der Waals surface area (Å²) in [6, 6.07) is 5.57. The van der Waals surface area contributed by atoms with Gasteiger partial charge in [-0.25, -0.2) is 0 Å². The summed E-state index contributed by atoms with van der Waals surface area (Å²) >= 11 is 1.69. The van der Waals surface area contributed by atoms with E-state index >= 15 is 0 Å². The van der Waals surface area contributed by atoms with E-state index in [-0.39, 0.29) is 5.78 Å². The minimum Gasteiger partial charge on any atom is -0.494 e. The fourth-order valence-electron chi connectivity index (χ4n) is 1.69. The van der Waals surface area contributed by atoms with Gasteiger partial charge in [0.25, 0.3) is 0 Å². The number of benzene rings is 1. The van der Waals surface area contributed by atoms with E-state index in [2.05, 4.69) is 0 Å². The van der Waals surface area contributed by atoms with Crippen molar-refractivity contribution < 1.29 is 19.4 Å². The zero-order valence-electron chi connectivity index (χ0n) is 10.9. The van der Waals surface area contributed by atoms with Crippen molar-refractivity contribution >= 4 is 23.8 Å². The van der Waals surface area contributed by atoms with Crippen molar-refractivity contribution in [3.8, 4) is 5.75 Å². The lowest BCUT2D eigenvalue weighted by molar-refractivity contribution is -0.108. The smallest absolute Gasteiger partial charge is 0.164 e. The SMILES string of the molecule is CO.O=CCCCOc1ccc2c(c1)SCCC2=O. The van der Waals surface area contributed by atoms with Crippen LogP contribution in [0.25, 0.3) is 0 Å². The van der Waals surface area contributed by atoms with Crippen molar-refractivity contribution in [2.75, 3.05) is 19.5 Å². The maximum atomic E-state index is 11.6. The molecule has 0 spiro atoms. The third-order valence-corrected chi connectivity index (χ3v) is 3.63. The molecule has 0 radical (unpaired) electrons. The third-order valence-electron chi connectivity index (χ3n) is 2.58. The van der Waals surface area contributed by atoms with Crippen LogP contribution in [0.4, 0.5) is 0 Å². The van der Waals surface area contributed by atoms with Gasteiger partial charge in [0.2, 0.25) is 0 Å². The van der Waals surface area contributed by atoms with Crippen LogP contribution in [-0.2, 0) is 4.79 Å². The molecular weight excluding hydrogens is 264 g/mol. The number of Topliss-reactive ketones (excluding diaryl/α,β-unsaturated/α-hetero) is 1. The van der Waals surface area contributed by atoms with Gasteiger partial charge < -0.3 is 14.6 Å². The number of ketones is 1. The van der Waals surface area contributed by atoms with Gasteiger partial charge in [0, 0.05) is 36.2 Å². The van der Waals surface area contributed by atoms with E-state index in [1.807, 2.05) is 18.2 Å². The minimum absolute atomic E-state index is 0.214. The van der Waals surface area contributed by atoms with E-state index in [9.17, 15) is 9.59 Å². The van der Waals surface area contributed by atoms with Crippen LogP contribution in [0.3, 0.4) is 0 Å². The second-order valence-electron chi connectivity index (χ2n) is 3.84. The Balaban J connectivity index is 0.000000861. The number of aliphatic hydroxyl groups is 1. The highest BCUT2D eigenvalue weighted by Crippen LogP contribution is 2.32. The van der Waals surface area contributed by atoms with Crippen LogP contribution in [-0.4, -0.2) is 36.6 Å². The fraction of sp³-hybridized carbons (Fsp3) is 0.429. The maximum Gasteiger partial charge on any atom is 0.164 e. The highest BCUT2D eigenvalue weighted by Gasteiger charge is 2.17. The zero-order valence-corrected chi connectivity index (χ0v) is 11.7. The lowest BCUT2D eigenvalue weighted by atomic mass is 10.1. The molecule has 1 aliphatic rings. The first-order valence-corrected chi connectivity index (χ1v) is 7.11. The number of hydrogen-bond donors (Lipinski definition) is 1. The lowest BCUT2D eigenvalue weighted by Gasteiger charge is -2.15. The molecule has 0 aromatic heterocycles. The average Bonchev–Trinajstić information content (AvgIpc) is 2.46. The standard InChI is InChI=1S/C13H14O3S.CH4O/c14-6-1-2-7-16-10-3-4-11-12(15)5-8-17-13(11)9-10;1-2/h3-4,6,9H,1-2,5,7-8H2;2H,1H3. The van der Waals surface area contributed by atoms with E-state index in [0.29, 0.717) is 19.4 Å². The number of carbonyl (C=O) groups excluding carboxylic acids is 2. The van der Waals surface area contributed by atoms with Gasteiger partial charge in [-0.1, -0.05) is 0 Å². The Kier molecular flexibility index (Phi) is 7.22. The van der Waals surface area contributed by atoms with E-state index in [4.69, 9.17) is 9.84 Å². The fourth-order valence-corrected chi connectivity index (χ4v) is 2.73. The highest BCUT2D eigenvalue weighted by molar-refractivity contribution is 7.99. The quantitative estimate of drug-likeness (QED) is 0.663. The summed E-state index contributed by atoms with van der Waals surface area (Å²) in [5.74, 6) is 1.84. The Morgan fingerprint density at radius 2 is 2.21 bits per heavy atom. The van der Waals surface area contributed by atoms with Gasteiger partial charge in [-0.2, -0.15) is 0 Å². The normalized spacial score (nSPS) is 13.1. The number of aliphatic hydroxyl groups excluding tert-OH is 1. The molecule has 0 fully saturated rings. The van der Waals surface area contributed by atoms with E-state index in [1.165, 1.54) is 0 Å². The number of carbonyl (C=O) groups is 2. The summed E-state index contributed by atoms with van der Waals surface area (Å²) in [5.41, 5.74) is 0.807. The van der Waals surface area contributed by atoms with Crippen LogP contribution in [0.2, 0.25) is 0 Å². The van der Waals surface area contributed by atoms with E-state index in [1.54, 1.807) is 11.8 Å². The van der Waals surface area contributed by atoms with Crippen LogP contribution >= 0.6 is 11.8 Å². The van der Waals surface area contributed by atoms with Gasteiger partial charge in [0.05, 0.1) is 6.61 Å². The van der Waals surface area contributed by atoms with Crippen LogP contribution in [0, 0.1) is 0 Å². The van der Waals surface area contributed by atoms with Crippen molar-refractivity contribution in [3.63, 3.8) is 0 Å². The Bertz CT molecular complexity index is 431. The van der Waals surface area contributed by atoms with Crippen molar-refractivity contribution in [3.05, 3.63) is 23.8 Å². The van der Waals surface area contributed by atoms with Crippen molar-refractivity contribution in [2.24, 2.45) is 0 Å². The molecule has 0 saturated heterocycles. The Morgan fingerprint density at radius 1 is 1.42 bits per heavy atom. The van der Waals surface area contributed by atoms with E-state index < -0.39 is 0 Å². The summed E-state index contributed by atoms with van der Waals surface area (Å²) in [4.78, 5) is 22.8. The van der Waals surface area contributed by atoms with Crippen LogP contribution < -0.4 is 4.74 Å². The van der Waals surface area contributed by atoms with Crippen molar-refractivity contribution in [1.29, 1.82) is 0 Å². The summed E-state index contributed by atoms with van der Waals surface area (Å²) < 4.78 is 5.53. The molecule has 0 atom stereocenters. The van der Waals surface area contributed by atoms with Crippen molar-refractivity contribution in [1.82, 2.24) is 0 Å². The molecule has 19 heavy (non-hydrogen) atoms. The van der Waals surface area contributed by atoms with Crippen LogP contribution in [0.1, 0.15) is 29.6 Å². The van der Waals surface area contributed by atoms with Gasteiger partial charge in [-0.3, -0.25) is 4.79 Å². The third kappa shape index (κ3) is 4.69. The molecule has 1 aliphatic heterocycles. The molecule has 4 nitrogen and oxygen atoms in total. The number of ether oxygens (including phenoxy) is 1. The average molecular weight is 282 g/mol. The second kappa shape index (κ2) is 8.72. The molecule has 1 aromatic carbocycles. The highest BCUT2D eigenvalue weighted by atomic mass is 32.2. The summed E-state index contributed by atoms with van der Waals surface area (Å²) in [6.07, 6.45) is 2.77. The van der Waals surface area contributed by atoms with Gasteiger partial charge in [-0.15, -0.1) is 11.8 Å². The molecule has 5 heteroatoms. The molecule has 0 aliphatic carbocycles. The first-order valence-electron chi connectivity index (χ1n) is 6.12. The first-order chi connectivity index (χ1) is 9.31. The van der Waals surface area contributed by atoms with Gasteiger partial charge in [0.1, 0.15) is 12.0 Å². The number of rotatable bonds is 5. The van der Waals surface area contributed by atoms with Gasteiger partial charge in [0.15, 0.2) is 5.78 Å². The first kappa shape index (κ1) is 15.7. The monoisotopic (exact) mass is 282 g/mol. The van der Waals surface area contributed by atoms with Gasteiger partial charge in [-0.05, 0) is 24.6 Å². The molecule has 0 bridgehead atoms. The maximum absolute atomic E-state index is 11.6. The van der Waals surface area contributed by atoms with Gasteiger partial charge >= 0.3 is 0 Å². The molecular formula is C14H18O4S. The lowest BCUT2D eigenvalue weighted by Crippen LogP contribution is -2.08. The largest absolute Gasteiger partial charge is 0.494 e. The molecule has 1 aromatic rings. The second-order valence-corrected chi connectivity index (χ2v) is 4.97. The molecule has 0 saturated carbocycles. The van der Waals surface area contributed by atoms with Crippen LogP contribution in [0.15, 0.2) is 23.1 Å². The molecule has 104 valence electrons. The predicted octanol–water partition coefficient (Wildman–Crippen LogP) is 2.33. The number of unbranched alkanes of at least 4 members (excludes halogenated alkanes) is 1. The Hall–Kier alpha value is -1.33. The van der Waals surface area contributed by atoms with Crippen molar-refractivity contribution in [2.45, 2.75) is 24.2 Å². The Morgan fingerprint density at radius 3 is 2.95 bits per heavy atom. The number of aldehydes is 1. The molecule has 2 rings (SSSR count). The number of fused-ring (bicyclic) bond motifs is 1. The molecule has 0 amide bonds. The Labute approximate surface area is 117 Å². The predicted molar refractivity (Wildman–Crippen MR) is 75.0 cm³/mol.